The highest BCUT2D eigenvalue weighted by molar-refractivity contribution is 6.31. The first kappa shape index (κ1) is 11.6. The molecule has 1 aromatic rings. The first-order valence-corrected chi connectivity index (χ1v) is 5.82. The number of rotatable bonds is 2. The van der Waals surface area contributed by atoms with E-state index in [1.165, 1.54) is 12.1 Å². The van der Waals surface area contributed by atoms with Gasteiger partial charge in [-0.2, -0.15) is 0 Å². The molecule has 3 heteroatoms. The van der Waals surface area contributed by atoms with E-state index in [0.717, 1.165) is 18.4 Å². The average Bonchev–Trinajstić information content (AvgIpc) is 2.52. The zero-order valence-corrected chi connectivity index (χ0v) is 9.98. The predicted octanol–water partition coefficient (Wildman–Crippen LogP) is 3.78. The Morgan fingerprint density at radius 2 is 2.25 bits per heavy atom. The van der Waals surface area contributed by atoms with E-state index < -0.39 is 0 Å². The van der Waals surface area contributed by atoms with E-state index in [0.29, 0.717) is 23.6 Å². The summed E-state index contributed by atoms with van der Waals surface area (Å²) in [5.74, 6) is 0.00198. The minimum Gasteiger partial charge on any atom is -0.300 e. The molecule has 16 heavy (non-hydrogen) atoms. The maximum Gasteiger partial charge on any atom is 0.133 e. The van der Waals surface area contributed by atoms with Gasteiger partial charge >= 0.3 is 0 Å². The smallest absolute Gasteiger partial charge is 0.133 e. The van der Waals surface area contributed by atoms with Crippen molar-refractivity contribution in [2.45, 2.75) is 32.6 Å². The quantitative estimate of drug-likeness (QED) is 0.769. The molecule has 0 bridgehead atoms. The molecule has 0 amide bonds. The molecule has 0 heterocycles. The number of halogens is 2. The molecule has 1 unspecified atom stereocenters. The fraction of sp³-hybridized carbons (Fsp3) is 0.462. The third-order valence-corrected chi connectivity index (χ3v) is 3.62. The Balaban J connectivity index is 2.17. The van der Waals surface area contributed by atoms with Crippen molar-refractivity contribution < 1.29 is 9.18 Å². The van der Waals surface area contributed by atoms with Crippen LogP contribution in [0.3, 0.4) is 0 Å². The van der Waals surface area contributed by atoms with Gasteiger partial charge in [-0.15, -0.1) is 0 Å². The van der Waals surface area contributed by atoms with Gasteiger partial charge in [-0.05, 0) is 36.0 Å². The molecule has 1 aliphatic rings. The van der Waals surface area contributed by atoms with E-state index >= 15 is 0 Å². The largest absolute Gasteiger partial charge is 0.300 e. The molecule has 1 atom stereocenters. The van der Waals surface area contributed by atoms with Crippen LogP contribution in [0.4, 0.5) is 4.39 Å². The van der Waals surface area contributed by atoms with Crippen LogP contribution in [0.25, 0.3) is 0 Å². The molecular formula is C13H14ClFO. The number of ketones is 1. The zero-order chi connectivity index (χ0) is 11.8. The fourth-order valence-corrected chi connectivity index (χ4v) is 2.60. The molecule has 0 N–H and O–H groups in total. The second-order valence-electron chi connectivity index (χ2n) is 4.94. The number of carbonyl (C=O) groups excluding carboxylic acids is 1. The number of hydrogen-bond acceptors (Lipinski definition) is 1. The SMILES string of the molecule is CC1(Cc2ccc(F)cc2Cl)CCC(=O)C1. The summed E-state index contributed by atoms with van der Waals surface area (Å²) in [6.45, 7) is 2.09. The number of hydrogen-bond donors (Lipinski definition) is 0. The van der Waals surface area contributed by atoms with E-state index in [2.05, 4.69) is 6.92 Å². The molecule has 86 valence electrons. The van der Waals surface area contributed by atoms with Crippen molar-refractivity contribution in [3.8, 4) is 0 Å². The normalized spacial score (nSPS) is 25.1. The lowest BCUT2D eigenvalue weighted by Gasteiger charge is -2.23. The molecule has 0 spiro atoms. The monoisotopic (exact) mass is 240 g/mol. The van der Waals surface area contributed by atoms with Gasteiger partial charge in [-0.1, -0.05) is 24.6 Å². The number of carbonyl (C=O) groups is 1. The minimum atomic E-state index is -0.318. The van der Waals surface area contributed by atoms with Crippen LogP contribution in [0, 0.1) is 11.2 Å². The lowest BCUT2D eigenvalue weighted by Crippen LogP contribution is -2.16. The summed E-state index contributed by atoms with van der Waals surface area (Å²) in [5, 5.41) is 0.459. The van der Waals surface area contributed by atoms with Gasteiger partial charge in [-0.3, -0.25) is 4.79 Å². The van der Waals surface area contributed by atoms with Crippen molar-refractivity contribution in [2.24, 2.45) is 5.41 Å². The topological polar surface area (TPSA) is 17.1 Å². The average molecular weight is 241 g/mol. The van der Waals surface area contributed by atoms with Gasteiger partial charge in [0.15, 0.2) is 0 Å². The summed E-state index contributed by atoms with van der Waals surface area (Å²) in [7, 11) is 0. The Morgan fingerprint density at radius 3 is 2.81 bits per heavy atom. The van der Waals surface area contributed by atoms with E-state index in [1.807, 2.05) is 0 Å². The maximum atomic E-state index is 12.9. The lowest BCUT2D eigenvalue weighted by molar-refractivity contribution is -0.117. The van der Waals surface area contributed by atoms with Gasteiger partial charge in [0.05, 0.1) is 0 Å². The predicted molar refractivity (Wildman–Crippen MR) is 62.1 cm³/mol. The molecule has 0 aliphatic heterocycles. The highest BCUT2D eigenvalue weighted by atomic mass is 35.5. The van der Waals surface area contributed by atoms with Crippen LogP contribution in [0.5, 0.6) is 0 Å². The van der Waals surface area contributed by atoms with Crippen molar-refractivity contribution in [3.63, 3.8) is 0 Å². The van der Waals surface area contributed by atoms with Crippen LogP contribution in [0.15, 0.2) is 18.2 Å². The third-order valence-electron chi connectivity index (χ3n) is 3.26. The standard InChI is InChI=1S/C13H14ClFO/c1-13(5-4-11(16)8-13)7-9-2-3-10(15)6-12(9)14/h2-3,6H,4-5,7-8H2,1H3. The molecule has 1 nitrogen and oxygen atoms in total. The summed E-state index contributed by atoms with van der Waals surface area (Å²) >= 11 is 5.98. The first-order valence-electron chi connectivity index (χ1n) is 5.44. The molecule has 1 saturated carbocycles. The van der Waals surface area contributed by atoms with Crippen LogP contribution in [0.1, 0.15) is 31.7 Å². The van der Waals surface area contributed by atoms with Crippen LogP contribution in [0.2, 0.25) is 5.02 Å². The van der Waals surface area contributed by atoms with E-state index in [9.17, 15) is 9.18 Å². The van der Waals surface area contributed by atoms with Gasteiger partial charge in [0.25, 0.3) is 0 Å². The molecule has 0 aromatic heterocycles. The van der Waals surface area contributed by atoms with Crippen molar-refractivity contribution in [1.82, 2.24) is 0 Å². The fourth-order valence-electron chi connectivity index (χ4n) is 2.37. The van der Waals surface area contributed by atoms with Gasteiger partial charge < -0.3 is 0 Å². The Bertz CT molecular complexity index is 430. The zero-order valence-electron chi connectivity index (χ0n) is 9.22. The highest BCUT2D eigenvalue weighted by Gasteiger charge is 2.34. The maximum absolute atomic E-state index is 12.9. The van der Waals surface area contributed by atoms with Crippen LogP contribution < -0.4 is 0 Å². The van der Waals surface area contributed by atoms with E-state index in [4.69, 9.17) is 11.6 Å². The van der Waals surface area contributed by atoms with Gasteiger partial charge in [0.1, 0.15) is 11.6 Å². The van der Waals surface area contributed by atoms with E-state index in [-0.39, 0.29) is 11.2 Å². The van der Waals surface area contributed by atoms with Gasteiger partial charge in [0.2, 0.25) is 0 Å². The Labute approximate surface area is 99.6 Å². The Hall–Kier alpha value is -0.890. The molecule has 0 saturated heterocycles. The number of Topliss-reactive ketones (excluding diaryl/α,β-unsaturated/α-hetero) is 1. The lowest BCUT2D eigenvalue weighted by atomic mass is 9.82. The van der Waals surface area contributed by atoms with Gasteiger partial charge in [-0.25, -0.2) is 4.39 Å². The summed E-state index contributed by atoms with van der Waals surface area (Å²) in [6, 6.07) is 4.46. The summed E-state index contributed by atoms with van der Waals surface area (Å²) in [4.78, 5) is 11.3. The molecule has 0 radical (unpaired) electrons. The molecule has 1 fully saturated rings. The van der Waals surface area contributed by atoms with Crippen LogP contribution in [-0.4, -0.2) is 5.78 Å². The van der Waals surface area contributed by atoms with Crippen molar-refractivity contribution in [1.29, 1.82) is 0 Å². The van der Waals surface area contributed by atoms with Crippen molar-refractivity contribution >= 4 is 17.4 Å². The summed E-state index contributed by atoms with van der Waals surface area (Å²) in [6.07, 6.45) is 2.92. The molecule has 1 aromatic carbocycles. The van der Waals surface area contributed by atoms with Crippen LogP contribution in [-0.2, 0) is 11.2 Å². The minimum absolute atomic E-state index is 0.00144. The third kappa shape index (κ3) is 2.43. The Morgan fingerprint density at radius 1 is 1.50 bits per heavy atom. The molecule has 2 rings (SSSR count). The van der Waals surface area contributed by atoms with Crippen molar-refractivity contribution in [3.05, 3.63) is 34.6 Å². The second-order valence-corrected chi connectivity index (χ2v) is 5.35. The number of benzene rings is 1. The summed E-state index contributed by atoms with van der Waals surface area (Å²) in [5.41, 5.74) is 0.929. The van der Waals surface area contributed by atoms with Gasteiger partial charge in [0, 0.05) is 17.9 Å². The van der Waals surface area contributed by atoms with Crippen molar-refractivity contribution in [2.75, 3.05) is 0 Å². The first-order chi connectivity index (χ1) is 7.48. The second kappa shape index (κ2) is 4.17. The Kier molecular flexibility index (Phi) is 3.02. The highest BCUT2D eigenvalue weighted by Crippen LogP contribution is 2.39. The van der Waals surface area contributed by atoms with E-state index in [1.54, 1.807) is 6.07 Å². The summed E-state index contributed by atoms with van der Waals surface area (Å²) < 4.78 is 12.9. The van der Waals surface area contributed by atoms with Crippen LogP contribution >= 0.6 is 11.6 Å². The molecular weight excluding hydrogens is 227 g/mol. The molecule has 1 aliphatic carbocycles.